The van der Waals surface area contributed by atoms with Gasteiger partial charge < -0.3 is 9.80 Å². The van der Waals surface area contributed by atoms with Gasteiger partial charge in [-0.1, -0.05) is 121 Å². The van der Waals surface area contributed by atoms with E-state index in [2.05, 4.69) is 240 Å². The molecule has 0 atom stereocenters. The fraction of sp³-hybridized carbons (Fsp3) is 0.0357. The predicted octanol–water partition coefficient (Wildman–Crippen LogP) is 15.0. The van der Waals surface area contributed by atoms with Crippen molar-refractivity contribution in [2.24, 2.45) is 0 Å². The minimum Gasteiger partial charge on any atom is -0.310 e. The van der Waals surface area contributed by atoms with Gasteiger partial charge in [-0.05, 0) is 155 Å². The number of fused-ring (bicyclic) bond motifs is 2. The van der Waals surface area contributed by atoms with Crippen molar-refractivity contribution in [3.05, 3.63) is 217 Å². The number of nitrogens with zero attached hydrogens (tertiary/aromatic N) is 2. The van der Waals surface area contributed by atoms with Gasteiger partial charge in [0.2, 0.25) is 0 Å². The Morgan fingerprint density at radius 3 is 0.931 bits per heavy atom. The van der Waals surface area contributed by atoms with E-state index < -0.39 is 0 Å². The summed E-state index contributed by atoms with van der Waals surface area (Å²) >= 11 is 0. The van der Waals surface area contributed by atoms with E-state index in [1.54, 1.807) is 0 Å². The molecular formula is C56H40N2. The van der Waals surface area contributed by atoms with Crippen LogP contribution >= 0.6 is 0 Å². The van der Waals surface area contributed by atoms with Gasteiger partial charge in [0.25, 0.3) is 0 Å². The molecule has 9 rings (SSSR count). The third-order valence-electron chi connectivity index (χ3n) is 10.5. The third-order valence-corrected chi connectivity index (χ3v) is 10.5. The fourth-order valence-electron chi connectivity index (χ4n) is 7.84. The van der Waals surface area contributed by atoms with Gasteiger partial charge in [0.05, 0.1) is 0 Å². The third kappa shape index (κ3) is 7.20. The first kappa shape index (κ1) is 35.9. The van der Waals surface area contributed by atoms with E-state index in [1.807, 2.05) is 13.8 Å². The van der Waals surface area contributed by atoms with Crippen LogP contribution in [0.15, 0.2) is 206 Å². The summed E-state index contributed by atoms with van der Waals surface area (Å²) < 4.78 is 0. The molecule has 2 nitrogen and oxygen atoms in total. The Labute approximate surface area is 341 Å². The zero-order valence-corrected chi connectivity index (χ0v) is 32.5. The van der Waals surface area contributed by atoms with Crippen LogP contribution in [-0.4, -0.2) is 0 Å². The quantitative estimate of drug-likeness (QED) is 0.143. The Balaban J connectivity index is 1.09. The molecule has 9 aromatic carbocycles. The summed E-state index contributed by atoms with van der Waals surface area (Å²) in [6, 6.07) is 73.3. The van der Waals surface area contributed by atoms with Gasteiger partial charge in [0, 0.05) is 45.3 Å². The fourth-order valence-corrected chi connectivity index (χ4v) is 7.84. The molecule has 0 aliphatic heterocycles. The Morgan fingerprint density at radius 2 is 0.603 bits per heavy atom. The molecule has 0 unspecified atom stereocenters. The maximum atomic E-state index is 3.44. The SMILES string of the molecule is CC#Cc1cc(-c2ccc3cc(N(c4ccccc4)c4ccccc4)ccc3c2)c(C#CC)cc1-c1ccc2cc(N(c3ccccc3)c3ccccc3)ccc2c1. The van der Waals surface area contributed by atoms with Crippen molar-refractivity contribution >= 4 is 55.7 Å². The zero-order valence-electron chi connectivity index (χ0n) is 32.5. The Hall–Kier alpha value is -7.78. The van der Waals surface area contributed by atoms with E-state index in [-0.39, 0.29) is 0 Å². The van der Waals surface area contributed by atoms with Gasteiger partial charge in [-0.15, -0.1) is 11.8 Å². The van der Waals surface area contributed by atoms with E-state index in [9.17, 15) is 0 Å². The summed E-state index contributed by atoms with van der Waals surface area (Å²) in [4.78, 5) is 4.60. The highest BCUT2D eigenvalue weighted by molar-refractivity contribution is 5.95. The molecule has 2 heteroatoms. The Bertz CT molecular complexity index is 2730. The standard InChI is InChI=1S/C56H40N2/c1-3-17-45-39-56(48-30-28-44-38-54(34-32-42(44)36-48)58(51-23-13-7-14-24-51)52-25-15-8-16-26-52)46(18-4-2)40-55(45)47-29-27-43-37-53(33-31-41(43)35-47)57(49-19-9-5-10-20-49)50-21-11-6-12-22-50/h5-16,19-40H,1-2H3. The first-order valence-corrected chi connectivity index (χ1v) is 19.6. The van der Waals surface area contributed by atoms with Gasteiger partial charge in [-0.25, -0.2) is 0 Å². The number of hydrogen-bond donors (Lipinski definition) is 0. The largest absolute Gasteiger partial charge is 0.310 e. The number of para-hydroxylation sites is 4. The number of hydrogen-bond acceptors (Lipinski definition) is 2. The highest BCUT2D eigenvalue weighted by Gasteiger charge is 2.17. The molecule has 0 aromatic heterocycles. The predicted molar refractivity (Wildman–Crippen MR) is 247 cm³/mol. The minimum absolute atomic E-state index is 0.978. The molecule has 274 valence electrons. The second-order valence-electron chi connectivity index (χ2n) is 14.2. The van der Waals surface area contributed by atoms with Crippen LogP contribution in [0.25, 0.3) is 43.8 Å². The molecule has 0 spiro atoms. The molecule has 0 heterocycles. The van der Waals surface area contributed by atoms with Crippen molar-refractivity contribution in [1.82, 2.24) is 0 Å². The van der Waals surface area contributed by atoms with Gasteiger partial charge in [-0.2, -0.15) is 0 Å². The highest BCUT2D eigenvalue weighted by Crippen LogP contribution is 2.40. The van der Waals surface area contributed by atoms with Crippen LogP contribution in [0.4, 0.5) is 34.1 Å². The van der Waals surface area contributed by atoms with E-state index in [4.69, 9.17) is 0 Å². The summed E-state index contributed by atoms with van der Waals surface area (Å²) in [5, 5.41) is 4.66. The first-order valence-electron chi connectivity index (χ1n) is 19.6. The summed E-state index contributed by atoms with van der Waals surface area (Å²) in [5.41, 5.74) is 13.0. The Kier molecular flexibility index (Phi) is 9.99. The highest BCUT2D eigenvalue weighted by atomic mass is 15.1. The molecule has 0 amide bonds. The summed E-state index contributed by atoms with van der Waals surface area (Å²) in [6.07, 6.45) is 0. The lowest BCUT2D eigenvalue weighted by atomic mass is 9.89. The van der Waals surface area contributed by atoms with Crippen molar-refractivity contribution in [1.29, 1.82) is 0 Å². The van der Waals surface area contributed by atoms with Crippen LogP contribution in [0.2, 0.25) is 0 Å². The second-order valence-corrected chi connectivity index (χ2v) is 14.2. The molecule has 0 bridgehead atoms. The number of anilines is 6. The van der Waals surface area contributed by atoms with Crippen molar-refractivity contribution in [3.8, 4) is 45.9 Å². The summed E-state index contributed by atoms with van der Waals surface area (Å²) in [5.74, 6) is 13.3. The molecule has 0 aliphatic carbocycles. The smallest absolute Gasteiger partial charge is 0.0468 e. The normalized spacial score (nSPS) is 10.7. The molecule has 0 saturated carbocycles. The van der Waals surface area contributed by atoms with Gasteiger partial charge >= 0.3 is 0 Å². The van der Waals surface area contributed by atoms with E-state index in [1.165, 1.54) is 10.8 Å². The van der Waals surface area contributed by atoms with E-state index >= 15 is 0 Å². The van der Waals surface area contributed by atoms with Crippen molar-refractivity contribution in [3.63, 3.8) is 0 Å². The molecule has 0 aliphatic rings. The molecule has 9 aromatic rings. The summed E-state index contributed by atoms with van der Waals surface area (Å²) in [6.45, 7) is 3.80. The van der Waals surface area contributed by atoms with Crippen LogP contribution in [0.1, 0.15) is 25.0 Å². The molecule has 0 fully saturated rings. The lowest BCUT2D eigenvalue weighted by Crippen LogP contribution is -2.09. The molecule has 0 saturated heterocycles. The van der Waals surface area contributed by atoms with Gasteiger partial charge in [0.15, 0.2) is 0 Å². The maximum Gasteiger partial charge on any atom is 0.0468 e. The molecule has 0 radical (unpaired) electrons. The van der Waals surface area contributed by atoms with Gasteiger partial charge in [0.1, 0.15) is 0 Å². The Morgan fingerprint density at radius 1 is 0.293 bits per heavy atom. The zero-order chi connectivity index (χ0) is 39.3. The average Bonchev–Trinajstić information content (AvgIpc) is 3.28. The van der Waals surface area contributed by atoms with Gasteiger partial charge in [-0.3, -0.25) is 0 Å². The lowest BCUT2D eigenvalue weighted by molar-refractivity contribution is 1.29. The monoisotopic (exact) mass is 740 g/mol. The van der Waals surface area contributed by atoms with Crippen molar-refractivity contribution in [2.75, 3.05) is 9.80 Å². The maximum absolute atomic E-state index is 3.44. The number of rotatable bonds is 8. The lowest BCUT2D eigenvalue weighted by Gasteiger charge is -2.25. The van der Waals surface area contributed by atoms with Crippen LogP contribution in [0.5, 0.6) is 0 Å². The van der Waals surface area contributed by atoms with Crippen molar-refractivity contribution < 1.29 is 0 Å². The van der Waals surface area contributed by atoms with E-state index in [0.717, 1.165) is 78.3 Å². The summed E-state index contributed by atoms with van der Waals surface area (Å²) in [7, 11) is 0. The van der Waals surface area contributed by atoms with Crippen LogP contribution < -0.4 is 9.80 Å². The molecular weight excluding hydrogens is 701 g/mol. The van der Waals surface area contributed by atoms with E-state index in [0.29, 0.717) is 0 Å². The first-order chi connectivity index (χ1) is 28.7. The minimum atomic E-state index is 0.978. The number of benzene rings is 9. The van der Waals surface area contributed by atoms with Crippen LogP contribution in [-0.2, 0) is 0 Å². The second kappa shape index (κ2) is 16.1. The van der Waals surface area contributed by atoms with Crippen molar-refractivity contribution in [2.45, 2.75) is 13.8 Å². The topological polar surface area (TPSA) is 6.48 Å². The molecule has 0 N–H and O–H groups in total. The van der Waals surface area contributed by atoms with Crippen LogP contribution in [0.3, 0.4) is 0 Å². The molecule has 58 heavy (non-hydrogen) atoms. The van der Waals surface area contributed by atoms with Crippen LogP contribution in [0, 0.1) is 23.7 Å². The average molecular weight is 741 g/mol.